The summed E-state index contributed by atoms with van der Waals surface area (Å²) in [5.74, 6) is 1.03. The second-order valence-electron chi connectivity index (χ2n) is 5.97. The lowest BCUT2D eigenvalue weighted by atomic mass is 10.1. The summed E-state index contributed by atoms with van der Waals surface area (Å²) in [5, 5.41) is 0. The highest BCUT2D eigenvalue weighted by atomic mass is 15.2. The second-order valence-corrected chi connectivity index (χ2v) is 5.97. The van der Waals surface area contributed by atoms with Gasteiger partial charge < -0.3 is 9.47 Å². The SMILES string of the molecule is CN(C)c1cc([C@@H]2CCCN2Cc2cncn2C)ccn1. The molecule has 1 fully saturated rings. The number of aryl methyl sites for hydroxylation is 1. The molecule has 21 heavy (non-hydrogen) atoms. The Bertz CT molecular complexity index is 604. The molecule has 0 bridgehead atoms. The maximum absolute atomic E-state index is 4.42. The Hall–Kier alpha value is -1.88. The Labute approximate surface area is 126 Å². The zero-order chi connectivity index (χ0) is 14.8. The molecule has 0 aliphatic carbocycles. The Morgan fingerprint density at radius 3 is 2.95 bits per heavy atom. The number of nitrogens with zero attached hydrogens (tertiary/aromatic N) is 5. The minimum absolute atomic E-state index is 0.488. The van der Waals surface area contributed by atoms with Gasteiger partial charge in [-0.3, -0.25) is 4.90 Å². The first-order chi connectivity index (χ1) is 10.1. The fourth-order valence-corrected chi connectivity index (χ4v) is 3.02. The lowest BCUT2D eigenvalue weighted by Crippen LogP contribution is -2.24. The van der Waals surface area contributed by atoms with E-state index in [4.69, 9.17) is 0 Å². The van der Waals surface area contributed by atoms with Crippen molar-refractivity contribution in [1.29, 1.82) is 0 Å². The maximum Gasteiger partial charge on any atom is 0.128 e. The molecule has 0 radical (unpaired) electrons. The van der Waals surface area contributed by atoms with Gasteiger partial charge in [-0.15, -0.1) is 0 Å². The monoisotopic (exact) mass is 285 g/mol. The van der Waals surface area contributed by atoms with Gasteiger partial charge in [0.05, 0.1) is 12.0 Å². The number of likely N-dealkylation sites (tertiary alicyclic amines) is 1. The van der Waals surface area contributed by atoms with Crippen molar-refractivity contribution in [2.24, 2.45) is 7.05 Å². The minimum atomic E-state index is 0.488. The third-order valence-electron chi connectivity index (χ3n) is 4.26. The molecule has 1 aliphatic heterocycles. The van der Waals surface area contributed by atoms with E-state index in [1.807, 2.05) is 32.8 Å². The van der Waals surface area contributed by atoms with Crippen molar-refractivity contribution in [1.82, 2.24) is 19.4 Å². The standard InChI is InChI=1S/C16H23N5/c1-19(2)16-9-13(6-7-18-16)15-5-4-8-21(15)11-14-10-17-12-20(14)3/h6-7,9-10,12,15H,4-5,8,11H2,1-3H3/t15-/m0/s1. The van der Waals surface area contributed by atoms with E-state index in [1.54, 1.807) is 0 Å². The van der Waals surface area contributed by atoms with Crippen LogP contribution in [0.5, 0.6) is 0 Å². The number of hydrogen-bond donors (Lipinski definition) is 0. The van der Waals surface area contributed by atoms with E-state index in [0.717, 1.165) is 18.9 Å². The smallest absolute Gasteiger partial charge is 0.128 e. The van der Waals surface area contributed by atoms with Gasteiger partial charge in [0.15, 0.2) is 0 Å². The van der Waals surface area contributed by atoms with E-state index in [9.17, 15) is 0 Å². The lowest BCUT2D eigenvalue weighted by Gasteiger charge is -2.25. The summed E-state index contributed by atoms with van der Waals surface area (Å²) in [4.78, 5) is 13.2. The summed E-state index contributed by atoms with van der Waals surface area (Å²) in [6.45, 7) is 2.11. The molecule has 5 heteroatoms. The van der Waals surface area contributed by atoms with Crippen LogP contribution in [0.1, 0.15) is 30.1 Å². The van der Waals surface area contributed by atoms with Gasteiger partial charge in [-0.2, -0.15) is 0 Å². The normalized spacial score (nSPS) is 19.1. The van der Waals surface area contributed by atoms with Crippen LogP contribution in [-0.2, 0) is 13.6 Å². The number of rotatable bonds is 4. The molecular weight excluding hydrogens is 262 g/mol. The first kappa shape index (κ1) is 14.1. The number of anilines is 1. The summed E-state index contributed by atoms with van der Waals surface area (Å²) in [7, 11) is 6.13. The molecule has 1 saturated heterocycles. The Morgan fingerprint density at radius 1 is 1.38 bits per heavy atom. The fourth-order valence-electron chi connectivity index (χ4n) is 3.02. The van der Waals surface area contributed by atoms with Crippen LogP contribution in [-0.4, -0.2) is 40.1 Å². The molecule has 5 nitrogen and oxygen atoms in total. The maximum atomic E-state index is 4.42. The van der Waals surface area contributed by atoms with E-state index >= 15 is 0 Å². The molecule has 1 atom stereocenters. The number of imidazole rings is 1. The highest BCUT2D eigenvalue weighted by Crippen LogP contribution is 2.33. The molecule has 3 heterocycles. The van der Waals surface area contributed by atoms with Crippen molar-refractivity contribution in [3.63, 3.8) is 0 Å². The highest BCUT2D eigenvalue weighted by Gasteiger charge is 2.27. The highest BCUT2D eigenvalue weighted by molar-refractivity contribution is 5.40. The predicted molar refractivity (Wildman–Crippen MR) is 84.2 cm³/mol. The van der Waals surface area contributed by atoms with Crippen LogP contribution in [0.3, 0.4) is 0 Å². The van der Waals surface area contributed by atoms with Gasteiger partial charge in [0.2, 0.25) is 0 Å². The fraction of sp³-hybridized carbons (Fsp3) is 0.500. The Kier molecular flexibility index (Phi) is 3.92. The summed E-state index contributed by atoms with van der Waals surface area (Å²) in [5.41, 5.74) is 2.64. The molecule has 0 amide bonds. The van der Waals surface area contributed by atoms with E-state index in [2.05, 4.69) is 43.5 Å². The molecule has 3 rings (SSSR count). The summed E-state index contributed by atoms with van der Waals surface area (Å²) in [6.07, 6.45) is 8.23. The van der Waals surface area contributed by atoms with Crippen molar-refractivity contribution in [2.75, 3.05) is 25.5 Å². The average Bonchev–Trinajstić information content (AvgIpc) is 3.09. The van der Waals surface area contributed by atoms with E-state index < -0.39 is 0 Å². The van der Waals surface area contributed by atoms with Gasteiger partial charge in [-0.25, -0.2) is 9.97 Å². The van der Waals surface area contributed by atoms with Crippen LogP contribution in [0.4, 0.5) is 5.82 Å². The molecule has 0 N–H and O–H groups in total. The largest absolute Gasteiger partial charge is 0.363 e. The number of pyridine rings is 1. The van der Waals surface area contributed by atoms with Crippen molar-refractivity contribution >= 4 is 5.82 Å². The molecule has 0 saturated carbocycles. The van der Waals surface area contributed by atoms with Crippen molar-refractivity contribution in [3.05, 3.63) is 42.1 Å². The third-order valence-corrected chi connectivity index (χ3v) is 4.26. The molecular formula is C16H23N5. The van der Waals surface area contributed by atoms with Gasteiger partial charge in [0.25, 0.3) is 0 Å². The van der Waals surface area contributed by atoms with E-state index in [-0.39, 0.29) is 0 Å². The molecule has 0 aromatic carbocycles. The predicted octanol–water partition coefficient (Wildman–Crippen LogP) is 2.22. The van der Waals surface area contributed by atoms with Gasteiger partial charge >= 0.3 is 0 Å². The second kappa shape index (κ2) is 5.85. The van der Waals surface area contributed by atoms with Crippen LogP contribution >= 0.6 is 0 Å². The van der Waals surface area contributed by atoms with Crippen LogP contribution in [0.15, 0.2) is 30.9 Å². The van der Waals surface area contributed by atoms with Crippen molar-refractivity contribution in [2.45, 2.75) is 25.4 Å². The summed E-state index contributed by atoms with van der Waals surface area (Å²) in [6, 6.07) is 4.85. The van der Waals surface area contributed by atoms with E-state index in [0.29, 0.717) is 6.04 Å². The third kappa shape index (κ3) is 2.93. The molecule has 0 unspecified atom stereocenters. The minimum Gasteiger partial charge on any atom is -0.363 e. The van der Waals surface area contributed by atoms with Gasteiger partial charge in [0.1, 0.15) is 5.82 Å². The van der Waals surface area contributed by atoms with Crippen molar-refractivity contribution in [3.8, 4) is 0 Å². The van der Waals surface area contributed by atoms with E-state index in [1.165, 1.54) is 24.1 Å². The molecule has 112 valence electrons. The molecule has 1 aliphatic rings. The quantitative estimate of drug-likeness (QED) is 0.863. The van der Waals surface area contributed by atoms with Crippen molar-refractivity contribution < 1.29 is 0 Å². The first-order valence-electron chi connectivity index (χ1n) is 7.47. The zero-order valence-corrected chi connectivity index (χ0v) is 13.0. The van der Waals surface area contributed by atoms with Gasteiger partial charge in [0, 0.05) is 46.1 Å². The van der Waals surface area contributed by atoms with Crippen LogP contribution in [0, 0.1) is 0 Å². The topological polar surface area (TPSA) is 37.2 Å². The molecule has 0 spiro atoms. The first-order valence-corrected chi connectivity index (χ1v) is 7.47. The van der Waals surface area contributed by atoms with Crippen LogP contribution in [0.25, 0.3) is 0 Å². The average molecular weight is 285 g/mol. The molecule has 2 aromatic rings. The molecule has 2 aromatic heterocycles. The Morgan fingerprint density at radius 2 is 2.24 bits per heavy atom. The summed E-state index contributed by atoms with van der Waals surface area (Å²) >= 11 is 0. The number of aromatic nitrogens is 3. The van der Waals surface area contributed by atoms with Gasteiger partial charge in [-0.1, -0.05) is 0 Å². The zero-order valence-electron chi connectivity index (χ0n) is 13.0. The van der Waals surface area contributed by atoms with Gasteiger partial charge in [-0.05, 0) is 37.1 Å². The number of hydrogen-bond acceptors (Lipinski definition) is 4. The lowest BCUT2D eigenvalue weighted by molar-refractivity contribution is 0.243. The van der Waals surface area contributed by atoms with Crippen LogP contribution in [0.2, 0.25) is 0 Å². The van der Waals surface area contributed by atoms with Crippen LogP contribution < -0.4 is 4.90 Å². The Balaban J connectivity index is 1.80. The summed E-state index contributed by atoms with van der Waals surface area (Å²) < 4.78 is 2.10.